The normalized spacial score (nSPS) is 14.2. The van der Waals surface area contributed by atoms with Gasteiger partial charge in [0.25, 0.3) is 0 Å². The Morgan fingerprint density at radius 3 is 2.41 bits per heavy atom. The smallest absolute Gasteiger partial charge is 0.322 e. The van der Waals surface area contributed by atoms with E-state index in [1.54, 1.807) is 14.2 Å². The molecule has 8 heteroatoms. The van der Waals surface area contributed by atoms with Gasteiger partial charge >= 0.3 is 6.03 Å². The minimum absolute atomic E-state index is 0.233. The minimum atomic E-state index is -0.392. The highest BCUT2D eigenvalue weighted by Gasteiger charge is 2.36. The molecule has 1 aliphatic rings. The molecule has 2 amide bonds. The number of para-hydroxylation sites is 1. The van der Waals surface area contributed by atoms with Crippen LogP contribution < -0.4 is 14.8 Å². The predicted molar refractivity (Wildman–Crippen MR) is 150 cm³/mol. The number of rotatable bonds is 5. The molecule has 5 aromatic rings. The maximum atomic E-state index is 14.1. The lowest BCUT2D eigenvalue weighted by Gasteiger charge is -2.31. The highest BCUT2D eigenvalue weighted by molar-refractivity contribution is 5.90. The number of carbonyl (C=O) groups is 1. The molecular formula is C31H29N5O3. The molecule has 1 aliphatic heterocycles. The fourth-order valence-electron chi connectivity index (χ4n) is 5.21. The molecule has 0 spiro atoms. The number of hydrogen-bond donors (Lipinski definition) is 1. The van der Waals surface area contributed by atoms with Crippen LogP contribution in [0.5, 0.6) is 11.5 Å². The zero-order valence-electron chi connectivity index (χ0n) is 22.0. The van der Waals surface area contributed by atoms with Gasteiger partial charge in [-0.25, -0.2) is 9.48 Å². The molecule has 196 valence electrons. The number of benzene rings is 3. The fraction of sp³-hybridized carbons (Fsp3) is 0.161. The van der Waals surface area contributed by atoms with Gasteiger partial charge in [0, 0.05) is 23.5 Å². The number of nitrogens with zero attached hydrogens (tertiary/aromatic N) is 4. The standard InChI is InChI=1S/C31H29N5O3/c1-21-27-20-35(31(37)32-23-11-8-15-26(19-23)39-3)29(22-10-7-14-25(18-22)38-2)28-16-9-17-34(28)30(27)36(33-21)24-12-5-4-6-13-24/h4-19,29H,20H2,1-3H3,(H,32,37). The summed E-state index contributed by atoms with van der Waals surface area (Å²) in [6, 6.07) is 28.7. The quantitative estimate of drug-likeness (QED) is 0.303. The van der Waals surface area contributed by atoms with E-state index in [9.17, 15) is 4.79 Å². The SMILES string of the molecule is COc1cccc(NC(=O)N2Cc3c(C)nn(-c4ccccc4)c3-n3cccc3C2c2cccc(OC)c2)c1. The Hall–Kier alpha value is -4.98. The third kappa shape index (κ3) is 4.40. The lowest BCUT2D eigenvalue weighted by Crippen LogP contribution is -2.38. The van der Waals surface area contributed by atoms with Crippen LogP contribution >= 0.6 is 0 Å². The van der Waals surface area contributed by atoms with Gasteiger partial charge < -0.3 is 24.3 Å². The van der Waals surface area contributed by atoms with Gasteiger partial charge in [-0.2, -0.15) is 5.10 Å². The van der Waals surface area contributed by atoms with Crippen LogP contribution in [0.25, 0.3) is 11.5 Å². The van der Waals surface area contributed by atoms with Crippen LogP contribution in [-0.4, -0.2) is 39.5 Å². The first-order valence-corrected chi connectivity index (χ1v) is 12.7. The maximum absolute atomic E-state index is 14.1. The van der Waals surface area contributed by atoms with Gasteiger partial charge in [-0.3, -0.25) is 0 Å². The van der Waals surface area contributed by atoms with Gasteiger partial charge in [-0.15, -0.1) is 0 Å². The number of aryl methyl sites for hydroxylation is 1. The monoisotopic (exact) mass is 519 g/mol. The van der Waals surface area contributed by atoms with Gasteiger partial charge in [-0.05, 0) is 61.0 Å². The van der Waals surface area contributed by atoms with Crippen LogP contribution in [0.15, 0.2) is 97.2 Å². The number of aromatic nitrogens is 3. The van der Waals surface area contributed by atoms with Crippen molar-refractivity contribution in [2.45, 2.75) is 19.5 Å². The lowest BCUT2D eigenvalue weighted by molar-refractivity contribution is 0.194. The number of ether oxygens (including phenoxy) is 2. The Morgan fingerprint density at radius 1 is 0.897 bits per heavy atom. The average molecular weight is 520 g/mol. The van der Waals surface area contributed by atoms with Gasteiger partial charge in [0.2, 0.25) is 0 Å². The Kier molecular flexibility index (Phi) is 6.28. The minimum Gasteiger partial charge on any atom is -0.497 e. The molecular weight excluding hydrogens is 490 g/mol. The van der Waals surface area contributed by atoms with E-state index in [0.717, 1.165) is 39.8 Å². The number of methoxy groups -OCH3 is 2. The molecule has 3 aromatic carbocycles. The highest BCUT2D eigenvalue weighted by Crippen LogP contribution is 2.39. The summed E-state index contributed by atoms with van der Waals surface area (Å²) >= 11 is 0. The molecule has 1 unspecified atom stereocenters. The van der Waals surface area contributed by atoms with Crippen LogP contribution in [0.4, 0.5) is 10.5 Å². The lowest BCUT2D eigenvalue weighted by atomic mass is 10.0. The zero-order valence-corrected chi connectivity index (χ0v) is 22.0. The second kappa shape index (κ2) is 10.1. The third-order valence-electron chi connectivity index (χ3n) is 7.08. The summed E-state index contributed by atoms with van der Waals surface area (Å²) in [6.45, 7) is 2.35. The van der Waals surface area contributed by atoms with Crippen molar-refractivity contribution >= 4 is 11.7 Å². The molecule has 0 aliphatic carbocycles. The van der Waals surface area contributed by atoms with Gasteiger partial charge in [-0.1, -0.05) is 36.4 Å². The van der Waals surface area contributed by atoms with E-state index < -0.39 is 6.04 Å². The summed E-state index contributed by atoms with van der Waals surface area (Å²) in [5, 5.41) is 8.00. The van der Waals surface area contributed by atoms with E-state index in [1.807, 2.05) is 108 Å². The molecule has 0 radical (unpaired) electrons. The summed E-state index contributed by atoms with van der Waals surface area (Å²) < 4.78 is 15.0. The number of amides is 2. The molecule has 2 aromatic heterocycles. The Labute approximate surface area is 227 Å². The van der Waals surface area contributed by atoms with Crippen molar-refractivity contribution in [3.05, 3.63) is 120 Å². The van der Waals surface area contributed by atoms with Crippen molar-refractivity contribution in [1.29, 1.82) is 0 Å². The number of urea groups is 1. The van der Waals surface area contributed by atoms with Gasteiger partial charge in [0.05, 0.1) is 43.9 Å². The average Bonchev–Trinajstić information content (AvgIpc) is 3.53. The van der Waals surface area contributed by atoms with Gasteiger partial charge in [0.15, 0.2) is 0 Å². The molecule has 39 heavy (non-hydrogen) atoms. The van der Waals surface area contributed by atoms with Crippen LogP contribution in [-0.2, 0) is 6.54 Å². The molecule has 6 rings (SSSR count). The number of nitrogens with one attached hydrogen (secondary N) is 1. The molecule has 0 saturated heterocycles. The predicted octanol–water partition coefficient (Wildman–Crippen LogP) is 6.13. The molecule has 1 N–H and O–H groups in total. The molecule has 0 saturated carbocycles. The second-order valence-corrected chi connectivity index (χ2v) is 9.41. The Morgan fingerprint density at radius 2 is 1.64 bits per heavy atom. The van der Waals surface area contributed by atoms with E-state index >= 15 is 0 Å². The van der Waals surface area contributed by atoms with Crippen LogP contribution in [0.2, 0.25) is 0 Å². The largest absolute Gasteiger partial charge is 0.497 e. The molecule has 8 nitrogen and oxygen atoms in total. The first-order chi connectivity index (χ1) is 19.1. The summed E-state index contributed by atoms with van der Waals surface area (Å²) in [5.41, 5.74) is 5.33. The van der Waals surface area contributed by atoms with E-state index in [1.165, 1.54) is 0 Å². The van der Waals surface area contributed by atoms with E-state index in [2.05, 4.69) is 16.0 Å². The number of fused-ring (bicyclic) bond motifs is 3. The first kappa shape index (κ1) is 24.4. The maximum Gasteiger partial charge on any atom is 0.322 e. The summed E-state index contributed by atoms with van der Waals surface area (Å²) in [4.78, 5) is 16.0. The van der Waals surface area contributed by atoms with Crippen molar-refractivity contribution in [3.63, 3.8) is 0 Å². The summed E-state index contributed by atoms with van der Waals surface area (Å²) in [5.74, 6) is 2.32. The molecule has 0 bridgehead atoms. The number of carbonyl (C=O) groups excluding carboxylic acids is 1. The van der Waals surface area contributed by atoms with Crippen LogP contribution in [0.3, 0.4) is 0 Å². The van der Waals surface area contributed by atoms with Crippen molar-refractivity contribution < 1.29 is 14.3 Å². The molecule has 0 fully saturated rings. The Bertz CT molecular complexity index is 1640. The Balaban J connectivity index is 1.53. The fourth-order valence-corrected chi connectivity index (χ4v) is 5.21. The van der Waals surface area contributed by atoms with Crippen LogP contribution in [0.1, 0.15) is 28.6 Å². The van der Waals surface area contributed by atoms with Gasteiger partial charge in [0.1, 0.15) is 17.3 Å². The highest BCUT2D eigenvalue weighted by atomic mass is 16.5. The van der Waals surface area contributed by atoms with Crippen LogP contribution in [0, 0.1) is 6.92 Å². The van der Waals surface area contributed by atoms with Crippen molar-refractivity contribution in [2.75, 3.05) is 19.5 Å². The summed E-state index contributed by atoms with van der Waals surface area (Å²) in [6.07, 6.45) is 2.03. The van der Waals surface area contributed by atoms with Crippen molar-refractivity contribution in [3.8, 4) is 23.0 Å². The third-order valence-corrected chi connectivity index (χ3v) is 7.08. The molecule has 3 heterocycles. The van der Waals surface area contributed by atoms with Crippen molar-refractivity contribution in [2.24, 2.45) is 0 Å². The number of anilines is 1. The molecule has 1 atom stereocenters. The van der Waals surface area contributed by atoms with E-state index in [4.69, 9.17) is 14.6 Å². The topological polar surface area (TPSA) is 73.5 Å². The van der Waals surface area contributed by atoms with E-state index in [-0.39, 0.29) is 6.03 Å². The summed E-state index contributed by atoms with van der Waals surface area (Å²) in [7, 11) is 3.26. The van der Waals surface area contributed by atoms with Crippen molar-refractivity contribution in [1.82, 2.24) is 19.2 Å². The second-order valence-electron chi connectivity index (χ2n) is 9.41. The first-order valence-electron chi connectivity index (χ1n) is 12.7. The zero-order chi connectivity index (χ0) is 26.9. The number of hydrogen-bond acceptors (Lipinski definition) is 4. The van der Waals surface area contributed by atoms with E-state index in [0.29, 0.717) is 18.0 Å².